The lowest BCUT2D eigenvalue weighted by atomic mass is 10.1. The minimum atomic E-state index is -0.998. The van der Waals surface area contributed by atoms with Gasteiger partial charge in [0.2, 0.25) is 0 Å². The van der Waals surface area contributed by atoms with Gasteiger partial charge >= 0.3 is 5.97 Å². The van der Waals surface area contributed by atoms with E-state index in [1.165, 1.54) is 12.1 Å². The number of rotatable bonds is 3. The van der Waals surface area contributed by atoms with Gasteiger partial charge in [-0.15, -0.1) is 0 Å². The van der Waals surface area contributed by atoms with Gasteiger partial charge in [0.25, 0.3) is 0 Å². The maximum absolute atomic E-state index is 10.8. The van der Waals surface area contributed by atoms with E-state index in [1.807, 2.05) is 13.8 Å². The van der Waals surface area contributed by atoms with Crippen molar-refractivity contribution in [1.82, 2.24) is 9.78 Å². The Hall–Kier alpha value is -1.52. The summed E-state index contributed by atoms with van der Waals surface area (Å²) in [5.41, 5.74) is 2.59. The van der Waals surface area contributed by atoms with Crippen molar-refractivity contribution in [2.45, 2.75) is 20.4 Å². The molecule has 0 saturated carbocycles. The van der Waals surface area contributed by atoms with Gasteiger partial charge < -0.3 is 5.11 Å². The van der Waals surface area contributed by atoms with Crippen LogP contribution in [0.25, 0.3) is 0 Å². The Balaban J connectivity index is 2.33. The first kappa shape index (κ1) is 13.9. The molecule has 0 unspecified atom stereocenters. The Labute approximate surface area is 120 Å². The molecule has 1 heterocycles. The number of aromatic nitrogens is 2. The SMILES string of the molecule is Cc1nn(Cc2ccc(C(=O)O)cc2Cl)c(C)c1Cl. The third-order valence-electron chi connectivity index (χ3n) is 2.91. The molecular formula is C13H12Cl2N2O2. The molecule has 0 fully saturated rings. The minimum absolute atomic E-state index is 0.167. The molecule has 0 bridgehead atoms. The maximum atomic E-state index is 10.8. The van der Waals surface area contributed by atoms with Gasteiger partial charge in [-0.05, 0) is 31.5 Å². The van der Waals surface area contributed by atoms with Crippen molar-refractivity contribution in [3.63, 3.8) is 0 Å². The number of nitrogens with zero attached hydrogens (tertiary/aromatic N) is 2. The predicted octanol–water partition coefficient (Wildman–Crippen LogP) is 3.55. The van der Waals surface area contributed by atoms with Crippen LogP contribution in [-0.2, 0) is 6.54 Å². The van der Waals surface area contributed by atoms with Crippen molar-refractivity contribution in [2.75, 3.05) is 0 Å². The molecule has 2 aromatic rings. The maximum Gasteiger partial charge on any atom is 0.335 e. The standard InChI is InChI=1S/C13H12Cl2N2O2/c1-7-12(15)8(2)17(16-7)6-10-4-3-9(13(18)19)5-11(10)14/h3-5H,6H2,1-2H3,(H,18,19). The summed E-state index contributed by atoms with van der Waals surface area (Å²) >= 11 is 12.2. The second-order valence-corrected chi connectivity index (χ2v) is 5.04. The van der Waals surface area contributed by atoms with E-state index in [1.54, 1.807) is 10.7 Å². The monoisotopic (exact) mass is 298 g/mol. The van der Waals surface area contributed by atoms with E-state index >= 15 is 0 Å². The number of aromatic carboxylic acids is 1. The van der Waals surface area contributed by atoms with Crippen molar-refractivity contribution in [1.29, 1.82) is 0 Å². The molecule has 6 heteroatoms. The van der Waals surface area contributed by atoms with Gasteiger partial charge in [-0.1, -0.05) is 29.3 Å². The number of carboxylic acid groups (broad SMARTS) is 1. The molecule has 0 amide bonds. The molecule has 1 aromatic heterocycles. The first-order valence-corrected chi connectivity index (χ1v) is 6.37. The summed E-state index contributed by atoms with van der Waals surface area (Å²) in [4.78, 5) is 10.8. The molecule has 19 heavy (non-hydrogen) atoms. The van der Waals surface area contributed by atoms with Crippen LogP contribution in [0.15, 0.2) is 18.2 Å². The molecule has 0 spiro atoms. The molecule has 0 saturated heterocycles. The first-order valence-electron chi connectivity index (χ1n) is 5.61. The number of benzene rings is 1. The zero-order valence-electron chi connectivity index (χ0n) is 10.4. The van der Waals surface area contributed by atoms with E-state index in [-0.39, 0.29) is 5.56 Å². The van der Waals surface area contributed by atoms with E-state index in [9.17, 15) is 4.79 Å². The second kappa shape index (κ2) is 5.23. The molecule has 100 valence electrons. The summed E-state index contributed by atoms with van der Waals surface area (Å²) in [6.07, 6.45) is 0. The molecule has 1 N–H and O–H groups in total. The number of hydrogen-bond donors (Lipinski definition) is 1. The Kier molecular flexibility index (Phi) is 3.83. The summed E-state index contributed by atoms with van der Waals surface area (Å²) in [6, 6.07) is 4.65. The van der Waals surface area contributed by atoms with Crippen LogP contribution in [0.1, 0.15) is 27.3 Å². The first-order chi connectivity index (χ1) is 8.90. The van der Waals surface area contributed by atoms with Crippen LogP contribution < -0.4 is 0 Å². The number of carboxylic acids is 1. The number of hydrogen-bond acceptors (Lipinski definition) is 2. The highest BCUT2D eigenvalue weighted by molar-refractivity contribution is 6.32. The van der Waals surface area contributed by atoms with Gasteiger partial charge in [-0.2, -0.15) is 5.10 Å². The summed E-state index contributed by atoms with van der Waals surface area (Å²) < 4.78 is 1.75. The van der Waals surface area contributed by atoms with Gasteiger partial charge in [0, 0.05) is 5.02 Å². The lowest BCUT2D eigenvalue weighted by Crippen LogP contribution is -2.05. The fourth-order valence-corrected chi connectivity index (χ4v) is 2.17. The molecule has 0 atom stereocenters. The van der Waals surface area contributed by atoms with E-state index < -0.39 is 5.97 Å². The van der Waals surface area contributed by atoms with Gasteiger partial charge in [-0.3, -0.25) is 4.68 Å². The van der Waals surface area contributed by atoms with Crippen LogP contribution in [0.5, 0.6) is 0 Å². The highest BCUT2D eigenvalue weighted by atomic mass is 35.5. The van der Waals surface area contributed by atoms with Crippen LogP contribution in [0.2, 0.25) is 10.0 Å². The average Bonchev–Trinajstić information content (AvgIpc) is 2.59. The van der Waals surface area contributed by atoms with Gasteiger partial charge in [0.05, 0.1) is 28.5 Å². The van der Waals surface area contributed by atoms with Crippen LogP contribution in [0.4, 0.5) is 0 Å². The molecule has 1 aromatic carbocycles. The van der Waals surface area contributed by atoms with Crippen LogP contribution in [-0.4, -0.2) is 20.9 Å². The van der Waals surface area contributed by atoms with E-state index in [0.29, 0.717) is 16.6 Å². The largest absolute Gasteiger partial charge is 0.478 e. The Bertz CT molecular complexity index is 650. The summed E-state index contributed by atoms with van der Waals surface area (Å²) in [7, 11) is 0. The van der Waals surface area contributed by atoms with Gasteiger partial charge in [-0.25, -0.2) is 4.79 Å². The third-order valence-corrected chi connectivity index (χ3v) is 3.81. The molecule has 0 aliphatic carbocycles. The lowest BCUT2D eigenvalue weighted by molar-refractivity contribution is 0.0697. The normalized spacial score (nSPS) is 10.7. The predicted molar refractivity (Wildman–Crippen MR) is 74.2 cm³/mol. The van der Waals surface area contributed by atoms with Crippen LogP contribution >= 0.6 is 23.2 Å². The van der Waals surface area contributed by atoms with Crippen molar-refractivity contribution < 1.29 is 9.90 Å². The van der Waals surface area contributed by atoms with Crippen molar-refractivity contribution in [3.05, 3.63) is 50.8 Å². The fourth-order valence-electron chi connectivity index (χ4n) is 1.80. The Morgan fingerprint density at radius 3 is 2.53 bits per heavy atom. The number of carbonyl (C=O) groups is 1. The number of halogens is 2. The molecule has 4 nitrogen and oxygen atoms in total. The van der Waals surface area contributed by atoms with Crippen molar-refractivity contribution in [2.24, 2.45) is 0 Å². The average molecular weight is 299 g/mol. The Morgan fingerprint density at radius 1 is 1.37 bits per heavy atom. The topological polar surface area (TPSA) is 55.1 Å². The zero-order valence-corrected chi connectivity index (χ0v) is 12.0. The smallest absolute Gasteiger partial charge is 0.335 e. The molecule has 0 radical (unpaired) electrons. The Morgan fingerprint density at radius 2 is 2.05 bits per heavy atom. The van der Waals surface area contributed by atoms with E-state index in [2.05, 4.69) is 5.10 Å². The van der Waals surface area contributed by atoms with Crippen LogP contribution in [0, 0.1) is 13.8 Å². The summed E-state index contributed by atoms with van der Waals surface area (Å²) in [5.74, 6) is -0.998. The minimum Gasteiger partial charge on any atom is -0.478 e. The summed E-state index contributed by atoms with van der Waals surface area (Å²) in [6.45, 7) is 4.17. The molecule has 2 rings (SSSR count). The zero-order chi connectivity index (χ0) is 14.2. The third kappa shape index (κ3) is 2.74. The van der Waals surface area contributed by atoms with Gasteiger partial charge in [0.15, 0.2) is 0 Å². The molecule has 0 aliphatic heterocycles. The second-order valence-electron chi connectivity index (χ2n) is 4.25. The highest BCUT2D eigenvalue weighted by Gasteiger charge is 2.12. The number of aryl methyl sites for hydroxylation is 1. The van der Waals surface area contributed by atoms with Crippen LogP contribution in [0.3, 0.4) is 0 Å². The highest BCUT2D eigenvalue weighted by Crippen LogP contribution is 2.23. The van der Waals surface area contributed by atoms with E-state index in [0.717, 1.165) is 17.0 Å². The van der Waals surface area contributed by atoms with Crippen molar-refractivity contribution >= 4 is 29.2 Å². The fraction of sp³-hybridized carbons (Fsp3) is 0.231. The molecule has 0 aliphatic rings. The lowest BCUT2D eigenvalue weighted by Gasteiger charge is -2.07. The molecular weight excluding hydrogens is 287 g/mol. The quantitative estimate of drug-likeness (QED) is 0.943. The van der Waals surface area contributed by atoms with Gasteiger partial charge in [0.1, 0.15) is 0 Å². The summed E-state index contributed by atoms with van der Waals surface area (Å²) in [5, 5.41) is 14.2. The van der Waals surface area contributed by atoms with Crippen molar-refractivity contribution in [3.8, 4) is 0 Å². The van der Waals surface area contributed by atoms with E-state index in [4.69, 9.17) is 28.3 Å².